The Balaban J connectivity index is 1.64. The van der Waals surface area contributed by atoms with E-state index in [9.17, 15) is 31.6 Å². The van der Waals surface area contributed by atoms with Gasteiger partial charge in [-0.25, -0.2) is 13.4 Å². The van der Waals surface area contributed by atoms with Crippen LogP contribution >= 0.6 is 11.8 Å². The summed E-state index contributed by atoms with van der Waals surface area (Å²) in [6.07, 6.45) is -4.71. The van der Waals surface area contributed by atoms with Crippen molar-refractivity contribution < 1.29 is 26.4 Å². The lowest BCUT2D eigenvalue weighted by molar-refractivity contribution is -0.138. The summed E-state index contributed by atoms with van der Waals surface area (Å²) in [5.74, 6) is -0.582. The highest BCUT2D eigenvalue weighted by molar-refractivity contribution is 8.00. The van der Waals surface area contributed by atoms with Crippen molar-refractivity contribution in [2.45, 2.75) is 23.0 Å². The monoisotopic (exact) mass is 484 g/mol. The van der Waals surface area contributed by atoms with Crippen LogP contribution in [-0.2, 0) is 21.0 Å². The minimum Gasteiger partial charge on any atom is -0.339 e. The van der Waals surface area contributed by atoms with Crippen LogP contribution in [0.2, 0.25) is 0 Å². The molecule has 7 nitrogen and oxygen atoms in total. The standard InChI is InChI=1S/C20H19F3N4O3S2/c1-14-11-17(20(21,22)23)16(12-24)19(25-14)31-13-18(28)26-7-9-27(10-8-26)32(29,30)15-5-3-2-4-6-15/h2-6,11H,7-10,13H2,1H3. The third-order valence-electron chi connectivity index (χ3n) is 4.84. The molecule has 1 fully saturated rings. The van der Waals surface area contributed by atoms with E-state index in [1.54, 1.807) is 18.2 Å². The van der Waals surface area contributed by atoms with Gasteiger partial charge in [0.15, 0.2) is 0 Å². The maximum Gasteiger partial charge on any atom is 0.417 e. The van der Waals surface area contributed by atoms with Crippen molar-refractivity contribution >= 4 is 27.7 Å². The van der Waals surface area contributed by atoms with Crippen molar-refractivity contribution in [3.63, 3.8) is 0 Å². The van der Waals surface area contributed by atoms with Crippen LogP contribution < -0.4 is 0 Å². The smallest absolute Gasteiger partial charge is 0.339 e. The second-order valence-corrected chi connectivity index (χ2v) is 9.89. The zero-order valence-corrected chi connectivity index (χ0v) is 18.6. The molecule has 2 heterocycles. The van der Waals surface area contributed by atoms with Crippen molar-refractivity contribution in [2.75, 3.05) is 31.9 Å². The molecule has 0 radical (unpaired) electrons. The van der Waals surface area contributed by atoms with Crippen LogP contribution in [0.5, 0.6) is 0 Å². The molecule has 1 saturated heterocycles. The van der Waals surface area contributed by atoms with Gasteiger partial charge in [-0.3, -0.25) is 4.79 Å². The summed E-state index contributed by atoms with van der Waals surface area (Å²) in [5.41, 5.74) is -1.60. The van der Waals surface area contributed by atoms with Gasteiger partial charge in [0.2, 0.25) is 15.9 Å². The fourth-order valence-electron chi connectivity index (χ4n) is 3.22. The molecule has 0 spiro atoms. The molecule has 170 valence electrons. The number of sulfonamides is 1. The topological polar surface area (TPSA) is 94.4 Å². The van der Waals surface area contributed by atoms with Crippen molar-refractivity contribution in [2.24, 2.45) is 0 Å². The van der Waals surface area contributed by atoms with E-state index in [0.717, 1.165) is 17.8 Å². The maximum absolute atomic E-state index is 13.2. The molecule has 0 bridgehead atoms. The van der Waals surface area contributed by atoms with Gasteiger partial charge < -0.3 is 4.90 Å². The number of rotatable bonds is 5. The average Bonchev–Trinajstić information content (AvgIpc) is 2.77. The number of aryl methyl sites for hydroxylation is 1. The Bertz CT molecular complexity index is 1140. The first-order valence-corrected chi connectivity index (χ1v) is 11.9. The number of amides is 1. The number of thioether (sulfide) groups is 1. The molecule has 0 unspecified atom stereocenters. The van der Waals surface area contributed by atoms with Crippen molar-refractivity contribution in [3.8, 4) is 6.07 Å². The van der Waals surface area contributed by atoms with Gasteiger partial charge in [-0.2, -0.15) is 22.7 Å². The van der Waals surface area contributed by atoms with E-state index in [0.29, 0.717) is 0 Å². The van der Waals surface area contributed by atoms with Gasteiger partial charge in [-0.15, -0.1) is 0 Å². The van der Waals surface area contributed by atoms with Crippen molar-refractivity contribution in [1.29, 1.82) is 5.26 Å². The Morgan fingerprint density at radius 1 is 1.19 bits per heavy atom. The SMILES string of the molecule is Cc1cc(C(F)(F)F)c(C#N)c(SCC(=O)N2CCN(S(=O)(=O)c3ccccc3)CC2)n1. The molecule has 1 amide bonds. The van der Waals surface area contributed by atoms with Crippen LogP contribution in [0.3, 0.4) is 0 Å². The van der Waals surface area contributed by atoms with Gasteiger partial charge in [0.1, 0.15) is 11.1 Å². The number of piperazine rings is 1. The number of hydrogen-bond donors (Lipinski definition) is 0. The van der Waals surface area contributed by atoms with Crippen LogP contribution in [0.25, 0.3) is 0 Å². The number of halogens is 3. The second-order valence-electron chi connectivity index (χ2n) is 6.99. The van der Waals surface area contributed by atoms with Crippen LogP contribution in [-0.4, -0.2) is 60.4 Å². The molecule has 3 rings (SSSR count). The molecule has 0 N–H and O–H groups in total. The van der Waals surface area contributed by atoms with Crippen LogP contribution in [0.4, 0.5) is 13.2 Å². The quantitative estimate of drug-likeness (QED) is 0.606. The lowest BCUT2D eigenvalue weighted by Gasteiger charge is -2.34. The van der Waals surface area contributed by atoms with E-state index in [-0.39, 0.29) is 53.5 Å². The first-order chi connectivity index (χ1) is 15.0. The molecule has 0 atom stereocenters. The minimum absolute atomic E-state index is 0.0889. The first-order valence-electron chi connectivity index (χ1n) is 9.48. The Hall–Kier alpha value is -2.62. The van der Waals surface area contributed by atoms with Crippen LogP contribution in [0.15, 0.2) is 46.3 Å². The highest BCUT2D eigenvalue weighted by atomic mass is 32.2. The number of nitriles is 1. The summed E-state index contributed by atoms with van der Waals surface area (Å²) >= 11 is 0.764. The highest BCUT2D eigenvalue weighted by Gasteiger charge is 2.36. The van der Waals surface area contributed by atoms with Gasteiger partial charge in [0, 0.05) is 31.9 Å². The molecule has 1 aliphatic heterocycles. The van der Waals surface area contributed by atoms with Crippen molar-refractivity contribution in [3.05, 3.63) is 53.2 Å². The van der Waals surface area contributed by atoms with Gasteiger partial charge in [-0.1, -0.05) is 30.0 Å². The van der Waals surface area contributed by atoms with Crippen LogP contribution in [0.1, 0.15) is 16.8 Å². The van der Waals surface area contributed by atoms with E-state index in [1.807, 2.05) is 0 Å². The average molecular weight is 485 g/mol. The first kappa shape index (κ1) is 24.0. The van der Waals surface area contributed by atoms with E-state index in [2.05, 4.69) is 4.98 Å². The highest BCUT2D eigenvalue weighted by Crippen LogP contribution is 2.36. The Morgan fingerprint density at radius 2 is 1.81 bits per heavy atom. The predicted molar refractivity (Wildman–Crippen MR) is 111 cm³/mol. The fraction of sp³-hybridized carbons (Fsp3) is 0.350. The van der Waals surface area contributed by atoms with Gasteiger partial charge >= 0.3 is 6.18 Å². The molecule has 0 aliphatic carbocycles. The molecule has 1 aromatic carbocycles. The van der Waals surface area contributed by atoms with E-state index < -0.39 is 27.3 Å². The summed E-state index contributed by atoms with van der Waals surface area (Å²) in [7, 11) is -3.66. The third-order valence-corrected chi connectivity index (χ3v) is 7.71. The Kier molecular flexibility index (Phi) is 7.12. The molecule has 0 saturated carbocycles. The predicted octanol–water partition coefficient (Wildman–Crippen LogP) is 2.91. The Morgan fingerprint density at radius 3 is 2.38 bits per heavy atom. The molecule has 1 aliphatic rings. The number of alkyl halides is 3. The normalized spacial score (nSPS) is 15.4. The minimum atomic E-state index is -4.71. The molecular formula is C20H19F3N4O3S2. The maximum atomic E-state index is 13.2. The second kappa shape index (κ2) is 9.48. The van der Waals surface area contributed by atoms with Crippen molar-refractivity contribution in [1.82, 2.24) is 14.2 Å². The lowest BCUT2D eigenvalue weighted by Crippen LogP contribution is -2.50. The lowest BCUT2D eigenvalue weighted by atomic mass is 10.1. The van der Waals surface area contributed by atoms with Crippen LogP contribution in [0, 0.1) is 18.3 Å². The fourth-order valence-corrected chi connectivity index (χ4v) is 5.62. The summed E-state index contributed by atoms with van der Waals surface area (Å²) in [6, 6.07) is 10.3. The molecule has 2 aromatic rings. The van der Waals surface area contributed by atoms with E-state index in [1.165, 1.54) is 34.3 Å². The number of pyridine rings is 1. The molecular weight excluding hydrogens is 465 g/mol. The Labute approximate surface area is 187 Å². The number of nitrogens with zero attached hydrogens (tertiary/aromatic N) is 4. The zero-order valence-electron chi connectivity index (χ0n) is 17.0. The third kappa shape index (κ3) is 5.23. The largest absolute Gasteiger partial charge is 0.417 e. The van der Waals surface area contributed by atoms with E-state index in [4.69, 9.17) is 0 Å². The molecule has 1 aromatic heterocycles. The summed E-state index contributed by atoms with van der Waals surface area (Å²) < 4.78 is 66.3. The number of carbonyl (C=O) groups is 1. The summed E-state index contributed by atoms with van der Waals surface area (Å²) in [4.78, 5) is 18.2. The van der Waals surface area contributed by atoms with Gasteiger partial charge in [-0.05, 0) is 25.1 Å². The summed E-state index contributed by atoms with van der Waals surface area (Å²) in [6.45, 7) is 1.92. The van der Waals surface area contributed by atoms with Gasteiger partial charge in [0.05, 0.1) is 21.8 Å². The summed E-state index contributed by atoms with van der Waals surface area (Å²) in [5, 5.41) is 9.05. The molecule has 32 heavy (non-hydrogen) atoms. The number of hydrogen-bond acceptors (Lipinski definition) is 6. The number of aromatic nitrogens is 1. The molecule has 12 heteroatoms. The number of benzene rings is 1. The van der Waals surface area contributed by atoms with Gasteiger partial charge in [0.25, 0.3) is 0 Å². The van der Waals surface area contributed by atoms with E-state index >= 15 is 0 Å². The zero-order chi connectivity index (χ0) is 23.5. The number of carbonyl (C=O) groups excluding carboxylic acids is 1.